The average molecular weight is 208 g/mol. The van der Waals surface area contributed by atoms with Crippen LogP contribution in [-0.2, 0) is 0 Å². The van der Waals surface area contributed by atoms with Crippen molar-refractivity contribution >= 4 is 12.6 Å². The number of hydrogen-bond donors (Lipinski definition) is 2. The van der Waals surface area contributed by atoms with Crippen molar-refractivity contribution in [1.29, 1.82) is 0 Å². The third-order valence-electron chi connectivity index (χ3n) is 2.78. The first-order valence-corrected chi connectivity index (χ1v) is 5.46. The zero-order valence-electron chi connectivity index (χ0n) is 9.42. The normalized spacial score (nSPS) is 24.3. The third kappa shape index (κ3) is 3.16. The van der Waals surface area contributed by atoms with Crippen molar-refractivity contribution in [2.24, 2.45) is 15.8 Å². The number of hydrazine groups is 1. The lowest BCUT2D eigenvalue weighted by Crippen LogP contribution is -2.32. The predicted molar refractivity (Wildman–Crippen MR) is 65.0 cm³/mol. The maximum atomic E-state index is 5.44. The van der Waals surface area contributed by atoms with Gasteiger partial charge in [-0.15, -0.1) is 0 Å². The molecule has 0 radical (unpaired) electrons. The highest BCUT2D eigenvalue weighted by Crippen LogP contribution is 2.24. The van der Waals surface area contributed by atoms with Crippen molar-refractivity contribution in [2.45, 2.75) is 38.5 Å². The van der Waals surface area contributed by atoms with Gasteiger partial charge in [-0.2, -0.15) is 0 Å². The summed E-state index contributed by atoms with van der Waals surface area (Å²) in [5.74, 6) is 6.19. The summed E-state index contributed by atoms with van der Waals surface area (Å²) in [7, 11) is 1.74. The largest absolute Gasteiger partial charge is 0.309 e. The second-order valence-electron chi connectivity index (χ2n) is 3.71. The highest BCUT2D eigenvalue weighted by Gasteiger charge is 2.13. The van der Waals surface area contributed by atoms with Crippen LogP contribution in [0.1, 0.15) is 38.5 Å². The highest BCUT2D eigenvalue weighted by atomic mass is 15.2. The average Bonchev–Trinajstić information content (AvgIpc) is 2.23. The Labute approximate surface area is 91.3 Å². The van der Waals surface area contributed by atoms with E-state index in [0.29, 0.717) is 0 Å². The summed E-state index contributed by atoms with van der Waals surface area (Å²) < 4.78 is 0. The Balaban J connectivity index is 2.97. The van der Waals surface area contributed by atoms with Crippen LogP contribution in [0.4, 0.5) is 0 Å². The fourth-order valence-electron chi connectivity index (χ4n) is 1.96. The minimum absolute atomic E-state index is 0.749. The topological polar surface area (TPSA) is 62.8 Å². The van der Waals surface area contributed by atoms with E-state index in [1.54, 1.807) is 7.05 Å². The van der Waals surface area contributed by atoms with Crippen molar-refractivity contribution in [3.63, 3.8) is 0 Å². The zero-order valence-corrected chi connectivity index (χ0v) is 9.42. The van der Waals surface area contributed by atoms with Gasteiger partial charge < -0.3 is 5.43 Å². The number of nitrogens with two attached hydrogens (primary N) is 1. The summed E-state index contributed by atoms with van der Waals surface area (Å²) >= 11 is 0. The minimum Gasteiger partial charge on any atom is -0.309 e. The lowest BCUT2D eigenvalue weighted by molar-refractivity contribution is 0.615. The molecule has 0 aromatic heterocycles. The van der Waals surface area contributed by atoms with Gasteiger partial charge in [0.15, 0.2) is 0 Å². The first kappa shape index (κ1) is 11.9. The molecule has 0 amide bonds. The van der Waals surface area contributed by atoms with E-state index in [1.165, 1.54) is 25.7 Å². The van der Waals surface area contributed by atoms with Gasteiger partial charge in [-0.1, -0.05) is 12.8 Å². The van der Waals surface area contributed by atoms with Gasteiger partial charge >= 0.3 is 0 Å². The number of nitrogens with one attached hydrogen (secondary N) is 1. The molecular weight excluding hydrogens is 188 g/mol. The first-order chi connectivity index (χ1) is 7.33. The van der Waals surface area contributed by atoms with Gasteiger partial charge in [0.25, 0.3) is 0 Å². The zero-order chi connectivity index (χ0) is 11.1. The molecule has 84 valence electrons. The van der Waals surface area contributed by atoms with Crippen LogP contribution < -0.4 is 11.3 Å². The summed E-state index contributed by atoms with van der Waals surface area (Å²) in [4.78, 5) is 8.24. The predicted octanol–water partition coefficient (Wildman–Crippen LogP) is 1.79. The van der Waals surface area contributed by atoms with Crippen LogP contribution in [0.5, 0.6) is 0 Å². The van der Waals surface area contributed by atoms with Gasteiger partial charge in [-0.25, -0.2) is 5.84 Å². The van der Waals surface area contributed by atoms with Crippen LogP contribution >= 0.6 is 0 Å². The SMILES string of the molecule is C=N/C1=C(\C(=NC)NN)CCCCCC1. The van der Waals surface area contributed by atoms with Crippen molar-refractivity contribution < 1.29 is 0 Å². The molecule has 0 unspecified atom stereocenters. The van der Waals surface area contributed by atoms with Gasteiger partial charge in [0.2, 0.25) is 0 Å². The van der Waals surface area contributed by atoms with Gasteiger partial charge in [0.1, 0.15) is 5.84 Å². The van der Waals surface area contributed by atoms with Crippen LogP contribution in [0.3, 0.4) is 0 Å². The van der Waals surface area contributed by atoms with E-state index < -0.39 is 0 Å². The Morgan fingerprint density at radius 3 is 2.47 bits per heavy atom. The number of nitrogens with zero attached hydrogens (tertiary/aromatic N) is 2. The Morgan fingerprint density at radius 2 is 1.93 bits per heavy atom. The van der Waals surface area contributed by atoms with Crippen LogP contribution in [0.25, 0.3) is 0 Å². The van der Waals surface area contributed by atoms with E-state index in [2.05, 4.69) is 22.1 Å². The molecular formula is C11H20N4. The molecule has 0 aromatic rings. The monoisotopic (exact) mass is 208 g/mol. The second-order valence-corrected chi connectivity index (χ2v) is 3.71. The standard InChI is InChI=1S/C11H20N4/c1-13-10-8-6-4-3-5-7-9(10)11(14-2)15-12/h1,3-8,12H2,2H3,(H,14,15)/b10-9-. The Morgan fingerprint density at radius 1 is 1.27 bits per heavy atom. The quantitative estimate of drug-likeness (QED) is 0.314. The van der Waals surface area contributed by atoms with E-state index in [9.17, 15) is 0 Å². The van der Waals surface area contributed by atoms with Gasteiger partial charge in [-0.05, 0) is 32.4 Å². The first-order valence-electron chi connectivity index (χ1n) is 5.46. The van der Waals surface area contributed by atoms with Gasteiger partial charge in [0, 0.05) is 18.3 Å². The Bertz CT molecular complexity index is 278. The molecule has 1 rings (SSSR count). The van der Waals surface area contributed by atoms with Gasteiger partial charge in [0.05, 0.1) is 0 Å². The van der Waals surface area contributed by atoms with E-state index in [1.807, 2.05) is 0 Å². The fourth-order valence-corrected chi connectivity index (χ4v) is 1.96. The smallest absolute Gasteiger partial charge is 0.139 e. The molecule has 3 N–H and O–H groups in total. The molecule has 0 saturated carbocycles. The molecule has 0 atom stereocenters. The number of rotatable bonds is 2. The van der Waals surface area contributed by atoms with E-state index in [-0.39, 0.29) is 0 Å². The Hall–Kier alpha value is -1.16. The molecule has 0 saturated heterocycles. The highest BCUT2D eigenvalue weighted by molar-refractivity contribution is 5.98. The molecule has 1 aliphatic rings. The van der Waals surface area contributed by atoms with Gasteiger partial charge in [-0.3, -0.25) is 9.98 Å². The lowest BCUT2D eigenvalue weighted by atomic mass is 9.97. The third-order valence-corrected chi connectivity index (χ3v) is 2.78. The summed E-state index contributed by atoms with van der Waals surface area (Å²) in [5, 5.41) is 0. The van der Waals surface area contributed by atoms with Crippen LogP contribution in [0, 0.1) is 0 Å². The van der Waals surface area contributed by atoms with E-state index in [0.717, 1.165) is 29.9 Å². The molecule has 1 aliphatic carbocycles. The fraction of sp³-hybridized carbons (Fsp3) is 0.636. The molecule has 0 bridgehead atoms. The van der Waals surface area contributed by atoms with Crippen molar-refractivity contribution in [3.05, 3.63) is 11.3 Å². The summed E-state index contributed by atoms with van der Waals surface area (Å²) in [6, 6.07) is 0. The molecule has 0 fully saturated rings. The van der Waals surface area contributed by atoms with Crippen molar-refractivity contribution in [3.8, 4) is 0 Å². The maximum Gasteiger partial charge on any atom is 0.139 e. The molecule has 0 aliphatic heterocycles. The Kier molecular flexibility index (Phi) is 5.04. The summed E-state index contributed by atoms with van der Waals surface area (Å²) in [5.41, 5.74) is 4.82. The molecule has 0 aromatic carbocycles. The maximum absolute atomic E-state index is 5.44. The second kappa shape index (κ2) is 6.35. The number of hydrogen-bond acceptors (Lipinski definition) is 3. The van der Waals surface area contributed by atoms with Crippen LogP contribution in [-0.4, -0.2) is 19.6 Å². The van der Waals surface area contributed by atoms with E-state index >= 15 is 0 Å². The molecule has 4 heteroatoms. The van der Waals surface area contributed by atoms with Crippen LogP contribution in [0.15, 0.2) is 21.3 Å². The van der Waals surface area contributed by atoms with Crippen LogP contribution in [0.2, 0.25) is 0 Å². The molecule has 15 heavy (non-hydrogen) atoms. The number of amidine groups is 1. The summed E-state index contributed by atoms with van der Waals surface area (Å²) in [6.45, 7) is 3.63. The van der Waals surface area contributed by atoms with Crippen molar-refractivity contribution in [2.75, 3.05) is 7.05 Å². The molecule has 4 nitrogen and oxygen atoms in total. The minimum atomic E-state index is 0.749. The molecule has 0 spiro atoms. The molecule has 0 heterocycles. The number of aliphatic imine (C=N–C) groups is 2. The summed E-state index contributed by atoms with van der Waals surface area (Å²) in [6.07, 6.45) is 6.88. The number of allylic oxidation sites excluding steroid dienone is 1. The van der Waals surface area contributed by atoms with Crippen molar-refractivity contribution in [1.82, 2.24) is 5.43 Å². The lowest BCUT2D eigenvalue weighted by Gasteiger charge is -2.16. The van der Waals surface area contributed by atoms with E-state index in [4.69, 9.17) is 5.84 Å².